The molecule has 1 aromatic rings. The van der Waals surface area contributed by atoms with E-state index in [0.29, 0.717) is 12.0 Å². The Labute approximate surface area is 101 Å². The monoisotopic (exact) mass is 228 g/mol. The molecule has 1 aromatic heterocycles. The first-order chi connectivity index (χ1) is 8.19. The highest BCUT2D eigenvalue weighted by Gasteiger charge is 2.22. The van der Waals surface area contributed by atoms with Crippen LogP contribution in [0.4, 0.5) is 0 Å². The van der Waals surface area contributed by atoms with Gasteiger partial charge in [0.15, 0.2) is 5.78 Å². The van der Waals surface area contributed by atoms with Gasteiger partial charge in [-0.25, -0.2) is 0 Å². The van der Waals surface area contributed by atoms with Crippen molar-refractivity contribution in [2.75, 3.05) is 0 Å². The van der Waals surface area contributed by atoms with E-state index in [0.717, 1.165) is 48.2 Å². The highest BCUT2D eigenvalue weighted by atomic mass is 16.1. The van der Waals surface area contributed by atoms with E-state index in [-0.39, 0.29) is 5.78 Å². The summed E-state index contributed by atoms with van der Waals surface area (Å²) in [4.78, 5) is 16.6. The van der Waals surface area contributed by atoms with Crippen LogP contribution in [0.5, 0.6) is 0 Å². The van der Waals surface area contributed by atoms with Crippen molar-refractivity contribution in [1.29, 1.82) is 5.26 Å². The van der Waals surface area contributed by atoms with Crippen molar-refractivity contribution in [3.63, 3.8) is 0 Å². The van der Waals surface area contributed by atoms with E-state index in [1.54, 1.807) is 0 Å². The topological polar surface area (TPSA) is 53.8 Å². The Morgan fingerprint density at radius 2 is 2.06 bits per heavy atom. The van der Waals surface area contributed by atoms with Crippen molar-refractivity contribution >= 4 is 5.78 Å². The summed E-state index contributed by atoms with van der Waals surface area (Å²) in [6, 6.07) is 2.19. The number of pyridine rings is 1. The molecule has 0 bridgehead atoms. The standard InChI is InChI=1S/C14H16N2O/c1-3-11-10(8-15)9(2)14-12(16-11)6-4-5-7-13(14)17/h3-7H2,1-2H3. The number of aromatic nitrogens is 1. The molecule has 0 aromatic carbocycles. The van der Waals surface area contributed by atoms with Crippen LogP contribution in [0.2, 0.25) is 0 Å². The molecule has 3 nitrogen and oxygen atoms in total. The predicted octanol–water partition coefficient (Wildman–Crippen LogP) is 2.73. The van der Waals surface area contributed by atoms with Crippen molar-refractivity contribution in [2.45, 2.75) is 46.0 Å². The second kappa shape index (κ2) is 4.67. The molecule has 0 aliphatic heterocycles. The lowest BCUT2D eigenvalue weighted by Gasteiger charge is -2.12. The maximum absolute atomic E-state index is 12.0. The third-order valence-corrected chi connectivity index (χ3v) is 3.39. The molecule has 88 valence electrons. The average Bonchev–Trinajstić information content (AvgIpc) is 2.51. The number of nitrogens with zero attached hydrogens (tertiary/aromatic N) is 2. The SMILES string of the molecule is CCc1nc2c(c(C)c1C#N)C(=O)CCCC2. The van der Waals surface area contributed by atoms with Crippen molar-refractivity contribution in [2.24, 2.45) is 0 Å². The number of carbonyl (C=O) groups is 1. The van der Waals surface area contributed by atoms with E-state index in [9.17, 15) is 10.1 Å². The highest BCUT2D eigenvalue weighted by Crippen LogP contribution is 2.26. The minimum absolute atomic E-state index is 0.154. The Bertz CT molecular complexity index is 512. The Kier molecular flexibility index (Phi) is 3.23. The lowest BCUT2D eigenvalue weighted by atomic mass is 9.95. The minimum Gasteiger partial charge on any atom is -0.294 e. The summed E-state index contributed by atoms with van der Waals surface area (Å²) in [5.41, 5.74) is 3.89. The molecule has 0 unspecified atom stereocenters. The molecule has 0 spiro atoms. The number of carbonyl (C=O) groups excluding carboxylic acids is 1. The van der Waals surface area contributed by atoms with Gasteiger partial charge in [0.05, 0.1) is 17.0 Å². The van der Waals surface area contributed by atoms with Gasteiger partial charge in [0, 0.05) is 12.0 Å². The van der Waals surface area contributed by atoms with E-state index in [1.807, 2.05) is 13.8 Å². The van der Waals surface area contributed by atoms with Crippen LogP contribution in [0.25, 0.3) is 0 Å². The van der Waals surface area contributed by atoms with Crippen LogP contribution in [0.1, 0.15) is 59.1 Å². The summed E-state index contributed by atoms with van der Waals surface area (Å²) < 4.78 is 0. The normalized spacial score (nSPS) is 15.0. The van der Waals surface area contributed by atoms with Gasteiger partial charge in [0.2, 0.25) is 0 Å². The fraction of sp³-hybridized carbons (Fsp3) is 0.500. The maximum Gasteiger partial charge on any atom is 0.165 e. The molecule has 0 saturated carbocycles. The van der Waals surface area contributed by atoms with Gasteiger partial charge in [0.25, 0.3) is 0 Å². The Balaban J connectivity index is 2.70. The van der Waals surface area contributed by atoms with Crippen LogP contribution in [0.15, 0.2) is 0 Å². The number of aryl methyl sites for hydroxylation is 2. The first-order valence-corrected chi connectivity index (χ1v) is 6.14. The molecule has 17 heavy (non-hydrogen) atoms. The van der Waals surface area contributed by atoms with Crippen molar-refractivity contribution < 1.29 is 4.79 Å². The molecule has 3 heteroatoms. The number of fused-ring (bicyclic) bond motifs is 1. The zero-order chi connectivity index (χ0) is 12.4. The zero-order valence-electron chi connectivity index (χ0n) is 10.3. The molecular weight excluding hydrogens is 212 g/mol. The number of hydrogen-bond donors (Lipinski definition) is 0. The molecule has 1 aliphatic rings. The molecule has 0 fully saturated rings. The molecule has 2 rings (SSSR count). The van der Waals surface area contributed by atoms with Crippen molar-refractivity contribution in [1.82, 2.24) is 4.98 Å². The Morgan fingerprint density at radius 3 is 2.71 bits per heavy atom. The van der Waals surface area contributed by atoms with Gasteiger partial charge in [-0.2, -0.15) is 5.26 Å². The lowest BCUT2D eigenvalue weighted by Crippen LogP contribution is -2.10. The van der Waals surface area contributed by atoms with Gasteiger partial charge in [-0.1, -0.05) is 6.92 Å². The summed E-state index contributed by atoms with van der Waals surface area (Å²) in [6.07, 6.45) is 4.13. The van der Waals surface area contributed by atoms with Gasteiger partial charge in [0.1, 0.15) is 6.07 Å². The summed E-state index contributed by atoms with van der Waals surface area (Å²) in [6.45, 7) is 3.87. The van der Waals surface area contributed by atoms with Crippen LogP contribution >= 0.6 is 0 Å². The number of ketones is 1. The number of nitriles is 1. The third kappa shape index (κ3) is 1.95. The zero-order valence-corrected chi connectivity index (χ0v) is 10.3. The second-order valence-corrected chi connectivity index (χ2v) is 4.48. The van der Waals surface area contributed by atoms with Crippen LogP contribution < -0.4 is 0 Å². The van der Waals surface area contributed by atoms with Crippen molar-refractivity contribution in [3.05, 3.63) is 28.1 Å². The molecular formula is C14H16N2O. The van der Waals surface area contributed by atoms with Crippen LogP contribution in [-0.4, -0.2) is 10.8 Å². The maximum atomic E-state index is 12.0. The highest BCUT2D eigenvalue weighted by molar-refractivity contribution is 5.99. The van der Waals surface area contributed by atoms with Crippen LogP contribution in [0, 0.1) is 18.3 Å². The fourth-order valence-electron chi connectivity index (χ4n) is 2.49. The van der Waals surface area contributed by atoms with Crippen molar-refractivity contribution in [3.8, 4) is 6.07 Å². The average molecular weight is 228 g/mol. The van der Waals surface area contributed by atoms with E-state index in [4.69, 9.17) is 0 Å². The molecule has 0 atom stereocenters. The first kappa shape index (κ1) is 11.8. The fourth-order valence-corrected chi connectivity index (χ4v) is 2.49. The lowest BCUT2D eigenvalue weighted by molar-refractivity contribution is 0.0981. The van der Waals surface area contributed by atoms with E-state index < -0.39 is 0 Å². The summed E-state index contributed by atoms with van der Waals surface area (Å²) in [5, 5.41) is 9.19. The van der Waals surface area contributed by atoms with E-state index in [1.165, 1.54) is 0 Å². The summed E-state index contributed by atoms with van der Waals surface area (Å²) in [7, 11) is 0. The van der Waals surface area contributed by atoms with Gasteiger partial charge < -0.3 is 0 Å². The van der Waals surface area contributed by atoms with Crippen LogP contribution in [0.3, 0.4) is 0 Å². The van der Waals surface area contributed by atoms with Gasteiger partial charge in [-0.3, -0.25) is 9.78 Å². The van der Waals surface area contributed by atoms with Gasteiger partial charge >= 0.3 is 0 Å². The molecule has 0 N–H and O–H groups in total. The quantitative estimate of drug-likeness (QED) is 0.694. The van der Waals surface area contributed by atoms with Gasteiger partial charge in [-0.05, 0) is 38.2 Å². The first-order valence-electron chi connectivity index (χ1n) is 6.14. The Hall–Kier alpha value is -1.69. The molecule has 0 amide bonds. The third-order valence-electron chi connectivity index (χ3n) is 3.39. The number of Topliss-reactive ketones (excluding diaryl/α,β-unsaturated/α-hetero) is 1. The largest absolute Gasteiger partial charge is 0.294 e. The summed E-state index contributed by atoms with van der Waals surface area (Å²) >= 11 is 0. The minimum atomic E-state index is 0.154. The molecule has 1 aliphatic carbocycles. The van der Waals surface area contributed by atoms with E-state index >= 15 is 0 Å². The predicted molar refractivity (Wildman–Crippen MR) is 65.0 cm³/mol. The second-order valence-electron chi connectivity index (χ2n) is 4.48. The van der Waals surface area contributed by atoms with Gasteiger partial charge in [-0.15, -0.1) is 0 Å². The molecule has 0 saturated heterocycles. The number of hydrogen-bond acceptors (Lipinski definition) is 3. The van der Waals surface area contributed by atoms with E-state index in [2.05, 4.69) is 11.1 Å². The molecule has 1 heterocycles. The van der Waals surface area contributed by atoms with Crippen LogP contribution in [-0.2, 0) is 12.8 Å². The molecule has 0 radical (unpaired) electrons. The summed E-state index contributed by atoms with van der Waals surface area (Å²) in [5.74, 6) is 0.154. The number of rotatable bonds is 1. The smallest absolute Gasteiger partial charge is 0.165 e. The Morgan fingerprint density at radius 1 is 1.35 bits per heavy atom.